The van der Waals surface area contributed by atoms with Crippen LogP contribution in [0.2, 0.25) is 0 Å². The maximum atomic E-state index is 13.2. The number of rotatable bonds is 6. The summed E-state index contributed by atoms with van der Waals surface area (Å²) in [5, 5.41) is 0. The van der Waals surface area contributed by atoms with Crippen LogP contribution in [0.15, 0.2) is 48.5 Å². The Morgan fingerprint density at radius 2 is 1.87 bits per heavy atom. The minimum Gasteiger partial charge on any atom is -0.492 e. The fraction of sp³-hybridized carbons (Fsp3) is 0.500. The minimum atomic E-state index is 0.252. The Labute approximate surface area is 186 Å². The van der Waals surface area contributed by atoms with Crippen LogP contribution in [0.1, 0.15) is 29.5 Å². The lowest BCUT2D eigenvalue weighted by Gasteiger charge is -2.35. The number of benzene rings is 2. The molecule has 2 heterocycles. The van der Waals surface area contributed by atoms with E-state index in [1.165, 1.54) is 11.1 Å². The van der Waals surface area contributed by atoms with E-state index in [4.69, 9.17) is 4.74 Å². The van der Waals surface area contributed by atoms with E-state index in [0.29, 0.717) is 19.1 Å². The van der Waals surface area contributed by atoms with Gasteiger partial charge in [-0.1, -0.05) is 48.0 Å². The first-order chi connectivity index (χ1) is 15.0. The van der Waals surface area contributed by atoms with Crippen LogP contribution in [-0.2, 0) is 17.8 Å². The minimum absolute atomic E-state index is 0.252. The first-order valence-electron chi connectivity index (χ1n) is 11.4. The molecule has 166 valence electrons. The molecule has 1 fully saturated rings. The van der Waals surface area contributed by atoms with Crippen molar-refractivity contribution in [3.05, 3.63) is 65.2 Å². The van der Waals surface area contributed by atoms with Crippen molar-refractivity contribution in [1.29, 1.82) is 0 Å². The summed E-state index contributed by atoms with van der Waals surface area (Å²) in [4.78, 5) is 20.0. The molecule has 0 radical (unpaired) electrons. The van der Waals surface area contributed by atoms with Gasteiger partial charge in [-0.2, -0.15) is 0 Å². The van der Waals surface area contributed by atoms with Crippen molar-refractivity contribution in [3.63, 3.8) is 0 Å². The lowest BCUT2D eigenvalue weighted by atomic mass is 10.1. The van der Waals surface area contributed by atoms with E-state index >= 15 is 0 Å². The Morgan fingerprint density at radius 1 is 1.10 bits per heavy atom. The highest BCUT2D eigenvalue weighted by Crippen LogP contribution is 2.27. The maximum Gasteiger partial charge on any atom is 0.227 e. The molecule has 2 aliphatic heterocycles. The van der Waals surface area contributed by atoms with E-state index in [1.54, 1.807) is 0 Å². The van der Waals surface area contributed by atoms with Crippen LogP contribution >= 0.6 is 0 Å². The number of amides is 1. The smallest absolute Gasteiger partial charge is 0.227 e. The average molecular weight is 422 g/mol. The maximum absolute atomic E-state index is 13.2. The summed E-state index contributed by atoms with van der Waals surface area (Å²) in [5.41, 5.74) is 3.56. The van der Waals surface area contributed by atoms with E-state index in [1.807, 2.05) is 6.07 Å². The molecule has 0 N–H and O–H groups in total. The zero-order valence-electron chi connectivity index (χ0n) is 19.1. The van der Waals surface area contributed by atoms with E-state index in [0.717, 1.165) is 50.3 Å². The van der Waals surface area contributed by atoms with Crippen molar-refractivity contribution in [1.82, 2.24) is 14.7 Å². The van der Waals surface area contributed by atoms with Gasteiger partial charge in [0.2, 0.25) is 5.91 Å². The molecule has 5 nitrogen and oxygen atoms in total. The van der Waals surface area contributed by atoms with Crippen LogP contribution in [0.4, 0.5) is 0 Å². The largest absolute Gasteiger partial charge is 0.492 e. The summed E-state index contributed by atoms with van der Waals surface area (Å²) in [6.45, 7) is 6.34. The first-order valence-corrected chi connectivity index (χ1v) is 11.4. The van der Waals surface area contributed by atoms with Gasteiger partial charge in [-0.15, -0.1) is 0 Å². The number of likely N-dealkylation sites (N-methyl/N-ethyl adjacent to an activating group) is 1. The zero-order chi connectivity index (χ0) is 21.8. The van der Waals surface area contributed by atoms with Gasteiger partial charge < -0.3 is 14.5 Å². The van der Waals surface area contributed by atoms with Gasteiger partial charge in [0.15, 0.2) is 0 Å². The standard InChI is InChI=1S/C26H35N3O2/c1-20-10-12-21(13-11-20)15-26(30)29-14-6-8-23(29)18-28-16-22-7-4-5-9-25(22)31-19-24(28)17-27(2)3/h4-5,7,9-13,23-24H,6,8,14-19H2,1-3H3/t23-,24-/m1/s1. The van der Waals surface area contributed by atoms with Crippen molar-refractivity contribution in [2.75, 3.05) is 40.3 Å². The molecule has 2 aliphatic rings. The highest BCUT2D eigenvalue weighted by atomic mass is 16.5. The number of hydrogen-bond donors (Lipinski definition) is 0. The van der Waals surface area contributed by atoms with Crippen molar-refractivity contribution < 1.29 is 9.53 Å². The normalized spacial score (nSPS) is 21.6. The predicted molar refractivity (Wildman–Crippen MR) is 124 cm³/mol. The lowest BCUT2D eigenvalue weighted by Crippen LogP contribution is -2.50. The van der Waals surface area contributed by atoms with E-state index < -0.39 is 0 Å². The first kappa shape index (κ1) is 21.8. The molecule has 4 rings (SSSR count). The third-order valence-corrected chi connectivity index (χ3v) is 6.49. The number of likely N-dealkylation sites (tertiary alicyclic amines) is 1. The van der Waals surface area contributed by atoms with E-state index in [2.05, 4.69) is 78.2 Å². The van der Waals surface area contributed by atoms with Crippen LogP contribution < -0.4 is 4.74 Å². The van der Waals surface area contributed by atoms with Crippen molar-refractivity contribution >= 4 is 5.91 Å². The molecule has 0 aromatic heterocycles. The summed E-state index contributed by atoms with van der Waals surface area (Å²) >= 11 is 0. The molecular weight excluding hydrogens is 386 g/mol. The van der Waals surface area contributed by atoms with Gasteiger partial charge in [0.1, 0.15) is 12.4 Å². The molecule has 2 aromatic carbocycles. The molecule has 2 aromatic rings. The van der Waals surface area contributed by atoms with E-state index in [9.17, 15) is 4.79 Å². The van der Waals surface area contributed by atoms with E-state index in [-0.39, 0.29) is 11.9 Å². The summed E-state index contributed by atoms with van der Waals surface area (Å²) in [7, 11) is 4.23. The average Bonchev–Trinajstić information content (AvgIpc) is 3.14. The molecule has 1 amide bonds. The number of nitrogens with zero attached hydrogens (tertiary/aromatic N) is 3. The number of para-hydroxylation sites is 1. The topological polar surface area (TPSA) is 36.0 Å². The molecule has 1 saturated heterocycles. The Morgan fingerprint density at radius 3 is 2.65 bits per heavy atom. The van der Waals surface area contributed by atoms with Crippen LogP contribution in [-0.4, -0.2) is 73.0 Å². The van der Waals surface area contributed by atoms with Gasteiger partial charge in [-0.3, -0.25) is 9.69 Å². The second kappa shape index (κ2) is 9.84. The Bertz CT molecular complexity index is 880. The third-order valence-electron chi connectivity index (χ3n) is 6.49. The van der Waals surface area contributed by atoms with Gasteiger partial charge in [-0.05, 0) is 45.5 Å². The fourth-order valence-electron chi connectivity index (χ4n) is 4.82. The second-order valence-corrected chi connectivity index (χ2v) is 9.31. The zero-order valence-corrected chi connectivity index (χ0v) is 19.1. The van der Waals surface area contributed by atoms with Gasteiger partial charge in [0.25, 0.3) is 0 Å². The highest BCUT2D eigenvalue weighted by Gasteiger charge is 2.33. The number of fused-ring (bicyclic) bond motifs is 1. The third kappa shape index (κ3) is 5.46. The number of carbonyl (C=O) groups excluding carboxylic acids is 1. The van der Waals surface area contributed by atoms with Crippen LogP contribution in [0.5, 0.6) is 5.75 Å². The number of aryl methyl sites for hydroxylation is 1. The van der Waals surface area contributed by atoms with Gasteiger partial charge >= 0.3 is 0 Å². The van der Waals surface area contributed by atoms with Crippen molar-refractivity contribution in [2.45, 2.75) is 44.8 Å². The second-order valence-electron chi connectivity index (χ2n) is 9.31. The summed E-state index contributed by atoms with van der Waals surface area (Å²) in [6, 6.07) is 17.3. The Hall–Kier alpha value is -2.37. The summed E-state index contributed by atoms with van der Waals surface area (Å²) in [5.74, 6) is 1.24. The molecule has 0 spiro atoms. The molecular formula is C26H35N3O2. The molecule has 0 bridgehead atoms. The molecule has 0 saturated carbocycles. The highest BCUT2D eigenvalue weighted by molar-refractivity contribution is 5.79. The fourth-order valence-corrected chi connectivity index (χ4v) is 4.82. The molecule has 0 unspecified atom stereocenters. The van der Waals surface area contributed by atoms with Crippen molar-refractivity contribution in [2.24, 2.45) is 0 Å². The lowest BCUT2D eigenvalue weighted by molar-refractivity contribution is -0.131. The van der Waals surface area contributed by atoms with Crippen LogP contribution in [0.3, 0.4) is 0 Å². The van der Waals surface area contributed by atoms with Gasteiger partial charge in [0, 0.05) is 37.8 Å². The summed E-state index contributed by atoms with van der Waals surface area (Å²) in [6.07, 6.45) is 2.65. The molecule has 31 heavy (non-hydrogen) atoms. The van der Waals surface area contributed by atoms with Crippen molar-refractivity contribution in [3.8, 4) is 5.75 Å². The monoisotopic (exact) mass is 421 g/mol. The van der Waals surface area contributed by atoms with Crippen LogP contribution in [0.25, 0.3) is 0 Å². The number of carbonyl (C=O) groups is 1. The molecule has 2 atom stereocenters. The van der Waals surface area contributed by atoms with Crippen LogP contribution in [0, 0.1) is 6.92 Å². The predicted octanol–water partition coefficient (Wildman–Crippen LogP) is 3.35. The van der Waals surface area contributed by atoms with Gasteiger partial charge in [0.05, 0.1) is 12.5 Å². The Kier molecular flexibility index (Phi) is 6.93. The van der Waals surface area contributed by atoms with Gasteiger partial charge in [-0.25, -0.2) is 0 Å². The molecule has 0 aliphatic carbocycles. The summed E-state index contributed by atoms with van der Waals surface area (Å²) < 4.78 is 6.17. The molecule has 5 heteroatoms. The number of ether oxygens (including phenoxy) is 1. The Balaban J connectivity index is 1.47. The number of hydrogen-bond acceptors (Lipinski definition) is 4. The SMILES string of the molecule is Cc1ccc(CC(=O)N2CCC[C@@H]2CN2Cc3ccccc3OC[C@H]2CN(C)C)cc1. The quantitative estimate of drug-likeness (QED) is 0.717.